The van der Waals surface area contributed by atoms with Gasteiger partial charge in [0.25, 0.3) is 0 Å². The van der Waals surface area contributed by atoms with Gasteiger partial charge in [-0.2, -0.15) is 8.78 Å². The molecule has 0 saturated carbocycles. The molecule has 1 amide bonds. The molecular weight excluding hydrogens is 285 g/mol. The Morgan fingerprint density at radius 2 is 2.05 bits per heavy atom. The maximum absolute atomic E-state index is 13.9. The van der Waals surface area contributed by atoms with E-state index in [1.165, 1.54) is 13.0 Å². The smallest absolute Gasteiger partial charge is 0.370 e. The molecule has 21 heavy (non-hydrogen) atoms. The van der Waals surface area contributed by atoms with Crippen LogP contribution in [0.4, 0.5) is 13.2 Å². The molecule has 0 spiro atoms. The second kappa shape index (κ2) is 5.40. The lowest BCUT2D eigenvalue weighted by molar-refractivity contribution is -0.242. The fourth-order valence-corrected chi connectivity index (χ4v) is 2.46. The van der Waals surface area contributed by atoms with E-state index in [-0.39, 0.29) is 29.6 Å². The molecule has 2 rings (SSSR count). The van der Waals surface area contributed by atoms with Gasteiger partial charge < -0.3 is 15.4 Å². The number of alkyl halides is 3. The summed E-state index contributed by atoms with van der Waals surface area (Å²) in [5.74, 6) is -0.544. The van der Waals surface area contributed by atoms with Gasteiger partial charge in [-0.05, 0) is 13.0 Å². The SMILES string of the molecule is Cc1c(C(F)C(O)(F)F)c2ccccc2n1CCC(N)=O. The van der Waals surface area contributed by atoms with Gasteiger partial charge in [0.15, 0.2) is 0 Å². The van der Waals surface area contributed by atoms with E-state index in [0.717, 1.165) is 0 Å². The van der Waals surface area contributed by atoms with Crippen molar-refractivity contribution in [2.45, 2.75) is 32.2 Å². The van der Waals surface area contributed by atoms with Crippen LogP contribution >= 0.6 is 0 Å². The molecule has 4 nitrogen and oxygen atoms in total. The molecule has 0 bridgehead atoms. The number of para-hydroxylation sites is 1. The summed E-state index contributed by atoms with van der Waals surface area (Å²) < 4.78 is 41.3. The number of primary amides is 1. The molecule has 0 saturated heterocycles. The number of hydrogen-bond acceptors (Lipinski definition) is 2. The average molecular weight is 300 g/mol. The minimum atomic E-state index is -4.47. The van der Waals surface area contributed by atoms with Gasteiger partial charge in [-0.25, -0.2) is 4.39 Å². The third-order valence-electron chi connectivity index (χ3n) is 3.42. The van der Waals surface area contributed by atoms with E-state index in [9.17, 15) is 18.0 Å². The Balaban J connectivity index is 2.61. The zero-order valence-electron chi connectivity index (χ0n) is 11.3. The number of aromatic nitrogens is 1. The number of carbonyl (C=O) groups is 1. The predicted octanol–water partition coefficient (Wildman–Crippen LogP) is 2.42. The van der Waals surface area contributed by atoms with Crippen molar-refractivity contribution in [1.29, 1.82) is 0 Å². The quantitative estimate of drug-likeness (QED) is 0.890. The first kappa shape index (κ1) is 15.4. The van der Waals surface area contributed by atoms with Crippen molar-refractivity contribution < 1.29 is 23.1 Å². The number of hydrogen-bond donors (Lipinski definition) is 2. The lowest BCUT2D eigenvalue weighted by Crippen LogP contribution is -2.23. The van der Waals surface area contributed by atoms with Crippen LogP contribution in [0.5, 0.6) is 0 Å². The van der Waals surface area contributed by atoms with Gasteiger partial charge in [0, 0.05) is 35.1 Å². The summed E-state index contributed by atoms with van der Waals surface area (Å²) in [7, 11) is 0. The fraction of sp³-hybridized carbons (Fsp3) is 0.357. The molecule has 0 fully saturated rings. The third kappa shape index (κ3) is 2.87. The van der Waals surface area contributed by atoms with Gasteiger partial charge >= 0.3 is 6.11 Å². The first-order valence-corrected chi connectivity index (χ1v) is 6.33. The summed E-state index contributed by atoms with van der Waals surface area (Å²) in [6.07, 6.45) is -7.30. The minimum absolute atomic E-state index is 0.00538. The lowest BCUT2D eigenvalue weighted by Gasteiger charge is -2.15. The number of benzene rings is 1. The van der Waals surface area contributed by atoms with Crippen LogP contribution in [0.2, 0.25) is 0 Å². The first-order chi connectivity index (χ1) is 9.73. The summed E-state index contributed by atoms with van der Waals surface area (Å²) in [5.41, 5.74) is 5.56. The van der Waals surface area contributed by atoms with Crippen molar-refractivity contribution in [3.63, 3.8) is 0 Å². The minimum Gasteiger partial charge on any atom is -0.370 e. The van der Waals surface area contributed by atoms with Gasteiger partial charge in [0.2, 0.25) is 12.1 Å². The second-order valence-corrected chi connectivity index (χ2v) is 4.83. The summed E-state index contributed by atoms with van der Waals surface area (Å²) in [4.78, 5) is 10.9. The largest absolute Gasteiger partial charge is 0.388 e. The molecule has 2 aromatic rings. The highest BCUT2D eigenvalue weighted by atomic mass is 19.3. The predicted molar refractivity (Wildman–Crippen MR) is 71.5 cm³/mol. The van der Waals surface area contributed by atoms with E-state index < -0.39 is 18.2 Å². The molecule has 1 heterocycles. The number of halogens is 3. The molecule has 1 aromatic heterocycles. The van der Waals surface area contributed by atoms with E-state index in [1.807, 2.05) is 0 Å². The molecule has 7 heteroatoms. The Kier molecular flexibility index (Phi) is 3.95. The van der Waals surface area contributed by atoms with Crippen LogP contribution in [0.3, 0.4) is 0 Å². The zero-order valence-corrected chi connectivity index (χ0v) is 11.3. The van der Waals surface area contributed by atoms with Crippen LogP contribution in [-0.2, 0) is 11.3 Å². The Bertz CT molecular complexity index is 677. The third-order valence-corrected chi connectivity index (χ3v) is 3.42. The first-order valence-electron chi connectivity index (χ1n) is 6.33. The van der Waals surface area contributed by atoms with E-state index in [4.69, 9.17) is 10.8 Å². The summed E-state index contributed by atoms with van der Waals surface area (Å²) in [6.45, 7) is 1.63. The van der Waals surface area contributed by atoms with Crippen molar-refractivity contribution in [1.82, 2.24) is 4.57 Å². The van der Waals surface area contributed by atoms with Gasteiger partial charge in [-0.1, -0.05) is 18.2 Å². The van der Waals surface area contributed by atoms with Gasteiger partial charge in [0.05, 0.1) is 0 Å². The van der Waals surface area contributed by atoms with Crippen molar-refractivity contribution in [2.75, 3.05) is 0 Å². The monoisotopic (exact) mass is 300 g/mol. The van der Waals surface area contributed by atoms with Gasteiger partial charge in [0.1, 0.15) is 0 Å². The number of nitrogens with two attached hydrogens (primary N) is 1. The number of nitrogens with zero attached hydrogens (tertiary/aromatic N) is 1. The maximum Gasteiger partial charge on any atom is 0.388 e. The molecular formula is C14H15F3N2O2. The summed E-state index contributed by atoms with van der Waals surface area (Å²) in [5, 5.41) is 8.94. The molecule has 0 aliphatic carbocycles. The number of rotatable bonds is 5. The highest BCUT2D eigenvalue weighted by Crippen LogP contribution is 2.39. The average Bonchev–Trinajstić information content (AvgIpc) is 2.66. The van der Waals surface area contributed by atoms with Crippen LogP contribution in [0.25, 0.3) is 10.9 Å². The fourth-order valence-electron chi connectivity index (χ4n) is 2.46. The molecule has 1 aromatic carbocycles. The number of aryl methyl sites for hydroxylation is 1. The molecule has 0 aliphatic heterocycles. The van der Waals surface area contributed by atoms with Crippen LogP contribution < -0.4 is 5.73 Å². The summed E-state index contributed by atoms with van der Waals surface area (Å²) >= 11 is 0. The van der Waals surface area contributed by atoms with E-state index in [0.29, 0.717) is 5.52 Å². The van der Waals surface area contributed by atoms with E-state index in [2.05, 4.69) is 0 Å². The molecule has 3 N–H and O–H groups in total. The molecule has 1 atom stereocenters. The van der Waals surface area contributed by atoms with Crippen molar-refractivity contribution in [3.05, 3.63) is 35.5 Å². The maximum atomic E-state index is 13.9. The van der Waals surface area contributed by atoms with Crippen molar-refractivity contribution in [2.24, 2.45) is 5.73 Å². The summed E-state index contributed by atoms with van der Waals surface area (Å²) in [6, 6.07) is 6.40. The molecule has 0 aliphatic rings. The second-order valence-electron chi connectivity index (χ2n) is 4.83. The zero-order chi connectivity index (χ0) is 15.8. The topological polar surface area (TPSA) is 68.2 Å². The van der Waals surface area contributed by atoms with E-state index >= 15 is 0 Å². The van der Waals surface area contributed by atoms with Crippen LogP contribution in [0, 0.1) is 6.92 Å². The lowest BCUT2D eigenvalue weighted by atomic mass is 10.1. The van der Waals surface area contributed by atoms with E-state index in [1.54, 1.807) is 22.8 Å². The standard InChI is InChI=1S/C14H15F3N2O2/c1-8-12(13(15)14(16,17)21)9-4-2-3-5-10(9)19(8)7-6-11(18)20/h2-5,13,21H,6-7H2,1H3,(H2,18,20). The highest BCUT2D eigenvalue weighted by molar-refractivity contribution is 5.86. The number of carbonyl (C=O) groups excluding carboxylic acids is 1. The van der Waals surface area contributed by atoms with Gasteiger partial charge in [-0.15, -0.1) is 0 Å². The van der Waals surface area contributed by atoms with Crippen molar-refractivity contribution in [3.8, 4) is 0 Å². The van der Waals surface area contributed by atoms with Crippen LogP contribution in [0.15, 0.2) is 24.3 Å². The van der Waals surface area contributed by atoms with Crippen LogP contribution in [-0.4, -0.2) is 21.7 Å². The molecule has 114 valence electrons. The van der Waals surface area contributed by atoms with Crippen LogP contribution in [0.1, 0.15) is 23.8 Å². The number of aliphatic hydroxyl groups is 1. The van der Waals surface area contributed by atoms with Gasteiger partial charge in [-0.3, -0.25) is 4.79 Å². The van der Waals surface area contributed by atoms with Crippen molar-refractivity contribution >= 4 is 16.8 Å². The molecule has 1 unspecified atom stereocenters. The Hall–Kier alpha value is -2.02. The molecule has 0 radical (unpaired) electrons. The highest BCUT2D eigenvalue weighted by Gasteiger charge is 2.41. The Morgan fingerprint density at radius 3 is 2.62 bits per heavy atom. The normalized spacial score (nSPS) is 13.6. The number of amides is 1. The Morgan fingerprint density at radius 1 is 1.43 bits per heavy atom. The Labute approximate surface area is 119 Å². The number of fused-ring (bicyclic) bond motifs is 1.